The molecule has 2 heterocycles. The molecular formula is C22H24FNO5. The summed E-state index contributed by atoms with van der Waals surface area (Å²) in [7, 11) is 0. The Hall–Kier alpha value is -2.48. The summed E-state index contributed by atoms with van der Waals surface area (Å²) in [5, 5.41) is 21.9. The van der Waals surface area contributed by atoms with Crippen molar-refractivity contribution in [3.63, 3.8) is 0 Å². The molecule has 7 heteroatoms. The molecule has 0 aliphatic carbocycles. The molecule has 154 valence electrons. The van der Waals surface area contributed by atoms with Crippen LogP contribution in [0.1, 0.15) is 37.0 Å². The van der Waals surface area contributed by atoms with Gasteiger partial charge in [-0.1, -0.05) is 12.1 Å². The third-order valence-corrected chi connectivity index (χ3v) is 5.82. The number of ether oxygens (including phenoxy) is 2. The zero-order valence-electron chi connectivity index (χ0n) is 16.2. The van der Waals surface area contributed by atoms with Gasteiger partial charge < -0.3 is 19.7 Å². The molecule has 0 bridgehead atoms. The highest BCUT2D eigenvalue weighted by Crippen LogP contribution is 2.39. The molecule has 0 radical (unpaired) electrons. The number of nitrogens with zero attached hydrogens (tertiary/aromatic N) is 1. The fourth-order valence-electron chi connectivity index (χ4n) is 4.17. The predicted octanol–water partition coefficient (Wildman–Crippen LogP) is 2.53. The Morgan fingerprint density at radius 1 is 1.21 bits per heavy atom. The highest BCUT2D eigenvalue weighted by molar-refractivity contribution is 5.69. The lowest BCUT2D eigenvalue weighted by Gasteiger charge is -2.44. The number of carbonyl (C=O) groups is 1. The minimum Gasteiger partial charge on any atom is -0.491 e. The fraction of sp³-hybridized carbons (Fsp3) is 0.409. The Balaban J connectivity index is 1.44. The second-order valence-corrected chi connectivity index (χ2v) is 7.69. The number of likely N-dealkylation sites (tertiary alicyclic amines) is 1. The molecule has 0 amide bonds. The number of hydrogen-bond acceptors (Lipinski definition) is 6. The molecule has 2 aromatic rings. The van der Waals surface area contributed by atoms with E-state index in [4.69, 9.17) is 9.47 Å². The van der Waals surface area contributed by atoms with E-state index in [1.54, 1.807) is 30.3 Å². The van der Waals surface area contributed by atoms with Crippen LogP contribution in [0.25, 0.3) is 0 Å². The van der Waals surface area contributed by atoms with Gasteiger partial charge in [-0.25, -0.2) is 4.39 Å². The number of benzene rings is 2. The monoisotopic (exact) mass is 401 g/mol. The van der Waals surface area contributed by atoms with E-state index in [2.05, 4.69) is 4.90 Å². The molecule has 29 heavy (non-hydrogen) atoms. The number of hydrogen-bond donors (Lipinski definition) is 2. The van der Waals surface area contributed by atoms with Crippen molar-refractivity contribution >= 4 is 5.97 Å². The summed E-state index contributed by atoms with van der Waals surface area (Å²) in [4.78, 5) is 13.2. The van der Waals surface area contributed by atoms with Gasteiger partial charge >= 0.3 is 5.97 Å². The molecule has 2 N–H and O–H groups in total. The Morgan fingerprint density at radius 2 is 1.90 bits per heavy atom. The van der Waals surface area contributed by atoms with E-state index in [9.17, 15) is 19.4 Å². The summed E-state index contributed by atoms with van der Waals surface area (Å²) in [6, 6.07) is 10.7. The number of piperidine rings is 1. The summed E-state index contributed by atoms with van der Waals surface area (Å²) in [6.07, 6.45) is 0.224. The summed E-state index contributed by atoms with van der Waals surface area (Å²) >= 11 is 0. The number of carbonyl (C=O) groups excluding carboxylic acids is 1. The van der Waals surface area contributed by atoms with Gasteiger partial charge in [0.05, 0.1) is 11.6 Å². The molecule has 2 aliphatic heterocycles. The molecule has 0 spiro atoms. The van der Waals surface area contributed by atoms with Crippen LogP contribution < -0.4 is 9.47 Å². The van der Waals surface area contributed by atoms with Crippen molar-refractivity contribution in [3.8, 4) is 11.5 Å². The van der Waals surface area contributed by atoms with Crippen LogP contribution in [0.15, 0.2) is 42.5 Å². The van der Waals surface area contributed by atoms with Gasteiger partial charge in [0.15, 0.2) is 0 Å². The minimum absolute atomic E-state index is 0.236. The smallest absolute Gasteiger partial charge is 0.308 e. The summed E-state index contributed by atoms with van der Waals surface area (Å²) in [5.41, 5.74) is 0.362. The van der Waals surface area contributed by atoms with Crippen molar-refractivity contribution in [2.75, 3.05) is 19.7 Å². The zero-order chi connectivity index (χ0) is 20.6. The van der Waals surface area contributed by atoms with Gasteiger partial charge in [-0.2, -0.15) is 0 Å². The first-order valence-electron chi connectivity index (χ1n) is 9.71. The molecule has 2 atom stereocenters. The van der Waals surface area contributed by atoms with Gasteiger partial charge in [0, 0.05) is 31.6 Å². The number of halogens is 1. The fourth-order valence-corrected chi connectivity index (χ4v) is 4.17. The quantitative estimate of drug-likeness (QED) is 0.608. The van der Waals surface area contributed by atoms with Crippen LogP contribution in [-0.4, -0.2) is 46.8 Å². The van der Waals surface area contributed by atoms with E-state index in [1.807, 2.05) is 0 Å². The first-order chi connectivity index (χ1) is 13.9. The largest absolute Gasteiger partial charge is 0.491 e. The van der Waals surface area contributed by atoms with Gasteiger partial charge in [0.1, 0.15) is 30.0 Å². The normalized spacial score (nSPS) is 23.7. The van der Waals surface area contributed by atoms with Crippen LogP contribution in [0.2, 0.25) is 0 Å². The second kappa shape index (κ2) is 7.74. The van der Waals surface area contributed by atoms with E-state index in [0.29, 0.717) is 55.2 Å². The summed E-state index contributed by atoms with van der Waals surface area (Å²) in [5.74, 6) is 0.144. The average Bonchev–Trinajstić information content (AvgIpc) is 2.69. The first-order valence-corrected chi connectivity index (χ1v) is 9.71. The van der Waals surface area contributed by atoms with E-state index >= 15 is 0 Å². The molecule has 2 aromatic carbocycles. The topological polar surface area (TPSA) is 79.2 Å². The maximum atomic E-state index is 13.2. The van der Waals surface area contributed by atoms with Gasteiger partial charge in [-0.15, -0.1) is 0 Å². The van der Waals surface area contributed by atoms with Crippen molar-refractivity contribution in [3.05, 3.63) is 59.4 Å². The van der Waals surface area contributed by atoms with Crippen molar-refractivity contribution in [2.45, 2.75) is 37.5 Å². The van der Waals surface area contributed by atoms with Crippen LogP contribution in [0, 0.1) is 5.82 Å². The lowest BCUT2D eigenvalue weighted by atomic mass is 9.83. The molecule has 2 aliphatic rings. The van der Waals surface area contributed by atoms with E-state index in [0.717, 1.165) is 0 Å². The van der Waals surface area contributed by atoms with Gasteiger partial charge in [0.2, 0.25) is 0 Å². The van der Waals surface area contributed by atoms with Crippen LogP contribution in [0.3, 0.4) is 0 Å². The number of rotatable bonds is 3. The van der Waals surface area contributed by atoms with Gasteiger partial charge in [-0.05, 0) is 42.7 Å². The summed E-state index contributed by atoms with van der Waals surface area (Å²) in [6.45, 7) is 2.79. The third-order valence-electron chi connectivity index (χ3n) is 5.82. The number of aliphatic hydroxyl groups is 2. The maximum Gasteiger partial charge on any atom is 0.308 e. The number of fused-ring (bicyclic) bond motifs is 1. The molecule has 0 aromatic heterocycles. The lowest BCUT2D eigenvalue weighted by Crippen LogP contribution is -2.52. The second-order valence-electron chi connectivity index (χ2n) is 7.69. The van der Waals surface area contributed by atoms with Gasteiger partial charge in [-0.3, -0.25) is 9.69 Å². The highest BCUT2D eigenvalue weighted by Gasteiger charge is 2.40. The van der Waals surface area contributed by atoms with E-state index < -0.39 is 17.7 Å². The number of aliphatic hydroxyl groups excluding tert-OH is 1. The molecule has 0 saturated carbocycles. The van der Waals surface area contributed by atoms with E-state index in [-0.39, 0.29) is 11.9 Å². The Labute approximate surface area is 168 Å². The molecule has 4 rings (SSSR count). The van der Waals surface area contributed by atoms with Gasteiger partial charge in [0.25, 0.3) is 0 Å². The molecule has 1 fully saturated rings. The van der Waals surface area contributed by atoms with Crippen LogP contribution >= 0.6 is 0 Å². The highest BCUT2D eigenvalue weighted by atomic mass is 19.1. The Kier molecular flexibility index (Phi) is 5.29. The van der Waals surface area contributed by atoms with Crippen molar-refractivity contribution < 1.29 is 28.9 Å². The first kappa shape index (κ1) is 19.8. The third kappa shape index (κ3) is 3.99. The molecule has 1 saturated heterocycles. The van der Waals surface area contributed by atoms with Crippen LogP contribution in [0.5, 0.6) is 11.5 Å². The lowest BCUT2D eigenvalue weighted by molar-refractivity contribution is -0.131. The summed E-state index contributed by atoms with van der Waals surface area (Å²) < 4.78 is 24.1. The van der Waals surface area contributed by atoms with Crippen LogP contribution in [-0.2, 0) is 10.4 Å². The average molecular weight is 401 g/mol. The van der Waals surface area contributed by atoms with Crippen molar-refractivity contribution in [1.82, 2.24) is 4.90 Å². The molecule has 0 unspecified atom stereocenters. The Morgan fingerprint density at radius 3 is 2.55 bits per heavy atom. The van der Waals surface area contributed by atoms with E-state index in [1.165, 1.54) is 19.1 Å². The van der Waals surface area contributed by atoms with Crippen molar-refractivity contribution in [2.24, 2.45) is 0 Å². The zero-order valence-corrected chi connectivity index (χ0v) is 16.2. The maximum absolute atomic E-state index is 13.2. The number of esters is 1. The Bertz CT molecular complexity index is 893. The predicted molar refractivity (Wildman–Crippen MR) is 103 cm³/mol. The minimum atomic E-state index is -0.998. The van der Waals surface area contributed by atoms with Crippen molar-refractivity contribution in [1.29, 1.82) is 0 Å². The molecule has 6 nitrogen and oxygen atoms in total. The van der Waals surface area contributed by atoms with Crippen LogP contribution in [0.4, 0.5) is 4.39 Å². The standard InChI is InChI=1S/C22H24FNO5/c1-14(25)29-17-6-7-18-20(12-17)28-13-19(21(18)26)24-10-8-22(27,9-11-24)15-2-4-16(23)5-3-15/h2-7,12,19,21,26-27H,8-11,13H2,1H3/t19-,21+/m1/s1. The molecular weight excluding hydrogens is 377 g/mol. The SMILES string of the molecule is CC(=O)Oc1ccc2c(c1)OC[C@@H](N1CCC(O)(c3ccc(F)cc3)CC1)[C@H]2O.